The van der Waals surface area contributed by atoms with Gasteiger partial charge in [0.05, 0.1) is 12.8 Å². The number of hydrogen-bond donors (Lipinski definition) is 2. The van der Waals surface area contributed by atoms with E-state index < -0.39 is 6.04 Å². The van der Waals surface area contributed by atoms with Crippen molar-refractivity contribution >= 4 is 35.1 Å². The molecule has 4 amide bonds. The number of carbonyl (C=O) groups is 3. The fourth-order valence-corrected chi connectivity index (χ4v) is 4.08. The van der Waals surface area contributed by atoms with Crippen molar-refractivity contribution in [1.82, 2.24) is 15.1 Å². The van der Waals surface area contributed by atoms with Crippen LogP contribution < -0.4 is 10.6 Å². The van der Waals surface area contributed by atoms with Gasteiger partial charge in [0, 0.05) is 41.0 Å². The van der Waals surface area contributed by atoms with E-state index in [1.807, 2.05) is 26.0 Å². The number of carbonyl (C=O) groups excluding carboxylic acids is 3. The van der Waals surface area contributed by atoms with Crippen LogP contribution >= 0.6 is 11.6 Å². The molecule has 1 unspecified atom stereocenters. The van der Waals surface area contributed by atoms with Crippen molar-refractivity contribution in [2.75, 3.05) is 25.0 Å². The van der Waals surface area contributed by atoms with Crippen molar-refractivity contribution in [2.24, 2.45) is 0 Å². The van der Waals surface area contributed by atoms with Gasteiger partial charge in [0.2, 0.25) is 5.91 Å². The highest BCUT2D eigenvalue weighted by Crippen LogP contribution is 2.23. The molecule has 1 aliphatic rings. The Bertz CT molecular complexity index is 1190. The summed E-state index contributed by atoms with van der Waals surface area (Å²) in [5, 5.41) is 6.23. The molecule has 0 saturated carbocycles. The van der Waals surface area contributed by atoms with E-state index in [9.17, 15) is 14.4 Å². The summed E-state index contributed by atoms with van der Waals surface area (Å²) < 4.78 is 5.45. The van der Waals surface area contributed by atoms with Crippen LogP contribution in [-0.2, 0) is 4.79 Å². The summed E-state index contributed by atoms with van der Waals surface area (Å²) in [4.78, 5) is 42.6. The first-order valence-corrected chi connectivity index (χ1v) is 11.8. The maximum absolute atomic E-state index is 13.4. The third-order valence-corrected chi connectivity index (χ3v) is 5.92. The van der Waals surface area contributed by atoms with Crippen molar-refractivity contribution in [3.05, 3.63) is 77.5 Å². The molecule has 3 aromatic rings. The molecule has 0 aliphatic carbocycles. The van der Waals surface area contributed by atoms with E-state index in [0.717, 1.165) is 5.56 Å². The van der Waals surface area contributed by atoms with Crippen molar-refractivity contribution in [3.8, 4) is 11.3 Å². The van der Waals surface area contributed by atoms with Gasteiger partial charge in [0.15, 0.2) is 0 Å². The smallest absolute Gasteiger partial charge is 0.318 e. The zero-order valence-electron chi connectivity index (χ0n) is 19.5. The van der Waals surface area contributed by atoms with Crippen molar-refractivity contribution < 1.29 is 18.8 Å². The zero-order chi connectivity index (χ0) is 24.9. The number of halogens is 1. The van der Waals surface area contributed by atoms with Crippen LogP contribution in [-0.4, -0.2) is 59.4 Å². The normalized spacial score (nSPS) is 15.7. The van der Waals surface area contributed by atoms with Crippen LogP contribution in [0.1, 0.15) is 24.2 Å². The Morgan fingerprint density at radius 3 is 2.49 bits per heavy atom. The molecule has 1 aromatic heterocycles. The number of nitrogens with one attached hydrogen (secondary N) is 2. The Kier molecular flexibility index (Phi) is 7.41. The van der Waals surface area contributed by atoms with Crippen molar-refractivity contribution in [2.45, 2.75) is 25.9 Å². The fraction of sp³-hybridized carbons (Fsp3) is 0.269. The Morgan fingerprint density at radius 2 is 1.80 bits per heavy atom. The fourth-order valence-electron chi connectivity index (χ4n) is 3.95. The first-order valence-electron chi connectivity index (χ1n) is 11.4. The van der Waals surface area contributed by atoms with Crippen LogP contribution in [0.2, 0.25) is 5.02 Å². The first-order chi connectivity index (χ1) is 16.8. The topological polar surface area (TPSA) is 94.9 Å². The highest BCUT2D eigenvalue weighted by atomic mass is 35.5. The predicted molar refractivity (Wildman–Crippen MR) is 134 cm³/mol. The molecule has 2 heterocycles. The second kappa shape index (κ2) is 10.7. The van der Waals surface area contributed by atoms with Gasteiger partial charge in [-0.05, 0) is 62.4 Å². The van der Waals surface area contributed by atoms with Gasteiger partial charge >= 0.3 is 6.03 Å². The monoisotopic (exact) mass is 494 g/mol. The van der Waals surface area contributed by atoms with E-state index in [1.54, 1.807) is 59.7 Å². The van der Waals surface area contributed by atoms with Gasteiger partial charge in [-0.1, -0.05) is 23.7 Å². The van der Waals surface area contributed by atoms with E-state index >= 15 is 0 Å². The van der Waals surface area contributed by atoms with E-state index in [0.29, 0.717) is 28.6 Å². The lowest BCUT2D eigenvalue weighted by molar-refractivity contribution is -0.121. The number of hydrogen-bond acceptors (Lipinski definition) is 4. The summed E-state index contributed by atoms with van der Waals surface area (Å²) in [7, 11) is 0. The summed E-state index contributed by atoms with van der Waals surface area (Å²) in [5.74, 6) is 0.0646. The second-order valence-electron chi connectivity index (χ2n) is 8.62. The van der Waals surface area contributed by atoms with Crippen LogP contribution in [0.5, 0.6) is 0 Å². The predicted octanol–water partition coefficient (Wildman–Crippen LogP) is 4.48. The number of urea groups is 1. The van der Waals surface area contributed by atoms with Gasteiger partial charge in [0.1, 0.15) is 11.8 Å². The molecule has 0 spiro atoms. The molecule has 35 heavy (non-hydrogen) atoms. The number of rotatable bonds is 5. The van der Waals surface area contributed by atoms with E-state index in [1.165, 1.54) is 4.90 Å². The minimum absolute atomic E-state index is 0.0642. The molecule has 182 valence electrons. The molecule has 0 bridgehead atoms. The Labute approximate surface area is 208 Å². The average Bonchev–Trinajstić information content (AvgIpc) is 3.39. The third kappa shape index (κ3) is 5.84. The summed E-state index contributed by atoms with van der Waals surface area (Å²) in [6.45, 7) is 4.30. The molecule has 8 nitrogen and oxygen atoms in total. The molecule has 4 rings (SSSR count). The average molecular weight is 495 g/mol. The van der Waals surface area contributed by atoms with Crippen molar-refractivity contribution in [3.63, 3.8) is 0 Å². The van der Waals surface area contributed by atoms with Crippen LogP contribution in [0.4, 0.5) is 10.5 Å². The van der Waals surface area contributed by atoms with Crippen LogP contribution in [0.3, 0.4) is 0 Å². The molecule has 1 atom stereocenters. The van der Waals surface area contributed by atoms with E-state index in [-0.39, 0.29) is 37.0 Å². The molecule has 9 heteroatoms. The number of benzene rings is 2. The molecule has 1 saturated heterocycles. The number of amides is 4. The van der Waals surface area contributed by atoms with E-state index in [2.05, 4.69) is 10.6 Å². The number of nitrogens with zero attached hydrogens (tertiary/aromatic N) is 2. The van der Waals surface area contributed by atoms with Gasteiger partial charge in [-0.15, -0.1) is 0 Å². The van der Waals surface area contributed by atoms with Crippen LogP contribution in [0.15, 0.2) is 71.3 Å². The quantitative estimate of drug-likeness (QED) is 0.546. The lowest BCUT2D eigenvalue weighted by atomic mass is 10.1. The lowest BCUT2D eigenvalue weighted by Crippen LogP contribution is -2.62. The Morgan fingerprint density at radius 1 is 1.03 bits per heavy atom. The van der Waals surface area contributed by atoms with Crippen LogP contribution in [0.25, 0.3) is 11.3 Å². The molecule has 1 fully saturated rings. The lowest BCUT2D eigenvalue weighted by Gasteiger charge is -2.40. The van der Waals surface area contributed by atoms with Crippen molar-refractivity contribution in [1.29, 1.82) is 0 Å². The maximum atomic E-state index is 13.4. The molecule has 1 aliphatic heterocycles. The standard InChI is InChI=1S/C26H27ClN4O4/c1-17(2)28-26(34)31-13-12-30(16-22(31)24(32)29-21-10-8-20(27)9-11-21)25(33)19-6-3-5-18(15-19)23-7-4-14-35-23/h3-11,14-15,17,22H,12-13,16H2,1-2H3,(H,28,34)(H,29,32). The molecular weight excluding hydrogens is 468 g/mol. The van der Waals surface area contributed by atoms with E-state index in [4.69, 9.17) is 16.0 Å². The van der Waals surface area contributed by atoms with Gasteiger partial charge in [-0.3, -0.25) is 9.59 Å². The molecular formula is C26H27ClN4O4. The van der Waals surface area contributed by atoms with Gasteiger partial charge in [0.25, 0.3) is 5.91 Å². The number of piperazine rings is 1. The summed E-state index contributed by atoms with van der Waals surface area (Å²) in [6.07, 6.45) is 1.58. The largest absolute Gasteiger partial charge is 0.464 e. The third-order valence-electron chi connectivity index (χ3n) is 5.67. The van der Waals surface area contributed by atoms with Gasteiger partial charge < -0.3 is 24.9 Å². The highest BCUT2D eigenvalue weighted by molar-refractivity contribution is 6.30. The zero-order valence-corrected chi connectivity index (χ0v) is 20.3. The molecule has 2 aromatic carbocycles. The highest BCUT2D eigenvalue weighted by Gasteiger charge is 2.37. The number of furan rings is 1. The van der Waals surface area contributed by atoms with Gasteiger partial charge in [-0.2, -0.15) is 0 Å². The summed E-state index contributed by atoms with van der Waals surface area (Å²) >= 11 is 5.94. The van der Waals surface area contributed by atoms with Gasteiger partial charge in [-0.25, -0.2) is 4.79 Å². The minimum atomic E-state index is -0.865. The Hall–Kier alpha value is -3.78. The summed E-state index contributed by atoms with van der Waals surface area (Å²) in [5.41, 5.74) is 1.82. The maximum Gasteiger partial charge on any atom is 0.318 e. The van der Waals surface area contributed by atoms with Crippen LogP contribution in [0, 0.1) is 0 Å². The molecule has 2 N–H and O–H groups in total. The minimum Gasteiger partial charge on any atom is -0.464 e. The summed E-state index contributed by atoms with van der Waals surface area (Å²) in [6, 6.07) is 16.2. The number of anilines is 1. The Balaban J connectivity index is 1.55. The molecule has 0 radical (unpaired) electrons. The first kappa shape index (κ1) is 24.3. The second-order valence-corrected chi connectivity index (χ2v) is 9.06. The SMILES string of the molecule is CC(C)NC(=O)N1CCN(C(=O)c2cccc(-c3ccco3)c2)CC1C(=O)Nc1ccc(Cl)cc1.